The molecule has 6 aromatic rings. The minimum absolute atomic E-state index is 0.0865. The standard InChI is InChI=1S/C26H26Cl2FNO4.C19H19Cl2NO3.C7H6BrFO/c27-20-2-1-3-21(28)23(20)24-18(25(34-30-24)16-5-6-16)14-33-17-8-10-26(32,11-9-17)19-7-4-15(13-31)12-22(19)29;20-15-2-1-3-16(21)17(15)18-14(19(25-22-18)11-4-5-11)10-24-13-8-6-12(23)7-9-13;8-6-2-1-5(4-10)3-7(6)9/h1-4,7,12,16-17,31-32H,5-6,8-11,13-14H2;1-3,11,13H,4-10H2;1-3,10H,4H2. The summed E-state index contributed by atoms with van der Waals surface area (Å²) in [5.74, 6) is 1.95. The third-order valence-electron chi connectivity index (χ3n) is 13.0. The van der Waals surface area contributed by atoms with E-state index in [1.54, 1.807) is 54.6 Å². The zero-order chi connectivity index (χ0) is 48.8. The topological polar surface area (TPSA) is 148 Å². The van der Waals surface area contributed by atoms with Gasteiger partial charge in [0.25, 0.3) is 0 Å². The van der Waals surface area contributed by atoms with Crippen molar-refractivity contribution in [2.24, 2.45) is 0 Å². The number of ketones is 1. The number of aromatic nitrogens is 2. The fourth-order valence-electron chi connectivity index (χ4n) is 8.76. The Morgan fingerprint density at radius 2 is 1.07 bits per heavy atom. The Hall–Kier alpha value is -3.73. The average molecular weight is 1090 g/mol. The van der Waals surface area contributed by atoms with Crippen molar-refractivity contribution in [1.82, 2.24) is 10.3 Å². The molecule has 4 fully saturated rings. The largest absolute Gasteiger partial charge is 0.392 e. The molecule has 0 spiro atoms. The van der Waals surface area contributed by atoms with E-state index in [0.717, 1.165) is 61.2 Å². The van der Waals surface area contributed by atoms with Crippen molar-refractivity contribution in [3.8, 4) is 22.5 Å². The van der Waals surface area contributed by atoms with Crippen LogP contribution >= 0.6 is 62.3 Å². The van der Waals surface area contributed by atoms with E-state index in [-0.39, 0.29) is 36.8 Å². The second-order valence-electron chi connectivity index (χ2n) is 18.0. The van der Waals surface area contributed by atoms with Crippen LogP contribution in [0, 0.1) is 11.6 Å². The molecule has 0 unspecified atom stereocenters. The van der Waals surface area contributed by atoms with Crippen LogP contribution < -0.4 is 0 Å². The predicted octanol–water partition coefficient (Wildman–Crippen LogP) is 14.1. The van der Waals surface area contributed by atoms with Gasteiger partial charge in [-0.05, 0) is 134 Å². The smallest absolute Gasteiger partial charge is 0.145 e. The molecular weight excluding hydrogens is 1040 g/mol. The molecule has 0 amide bonds. The first-order chi connectivity index (χ1) is 33.3. The van der Waals surface area contributed by atoms with Crippen molar-refractivity contribution in [3.05, 3.63) is 148 Å². The van der Waals surface area contributed by atoms with E-state index in [9.17, 15) is 23.8 Å². The maximum Gasteiger partial charge on any atom is 0.145 e. The summed E-state index contributed by atoms with van der Waals surface area (Å²) >= 11 is 28.6. The molecule has 10 rings (SSSR count). The van der Waals surface area contributed by atoms with Gasteiger partial charge < -0.3 is 33.8 Å². The van der Waals surface area contributed by atoms with Crippen LogP contribution in [0.25, 0.3) is 22.5 Å². The highest BCUT2D eigenvalue weighted by molar-refractivity contribution is 9.10. The molecule has 4 aromatic carbocycles. The minimum atomic E-state index is -1.25. The molecule has 366 valence electrons. The van der Waals surface area contributed by atoms with E-state index in [1.165, 1.54) is 12.1 Å². The Morgan fingerprint density at radius 3 is 1.49 bits per heavy atom. The maximum absolute atomic E-state index is 14.6. The van der Waals surface area contributed by atoms with E-state index in [2.05, 4.69) is 26.2 Å². The first-order valence-corrected chi connectivity index (χ1v) is 25.3. The summed E-state index contributed by atoms with van der Waals surface area (Å²) in [4.78, 5) is 11.4. The average Bonchev–Trinajstić information content (AvgIpc) is 4.29. The van der Waals surface area contributed by atoms with Gasteiger partial charge in [-0.2, -0.15) is 0 Å². The highest BCUT2D eigenvalue weighted by Gasteiger charge is 2.39. The lowest BCUT2D eigenvalue weighted by atomic mass is 9.78. The van der Waals surface area contributed by atoms with Crippen LogP contribution in [0.3, 0.4) is 0 Å². The molecule has 2 heterocycles. The number of hydrogen-bond acceptors (Lipinski definition) is 10. The molecule has 0 saturated heterocycles. The monoisotopic (exact) mass is 1090 g/mol. The summed E-state index contributed by atoms with van der Waals surface area (Å²) in [5.41, 5.74) is 4.51. The zero-order valence-corrected chi connectivity index (χ0v) is 42.1. The second kappa shape index (κ2) is 23.2. The Bertz CT molecular complexity index is 2700. The van der Waals surface area contributed by atoms with Crippen molar-refractivity contribution < 1.29 is 47.4 Å². The number of hydrogen-bond donors (Lipinski definition) is 3. The number of rotatable bonds is 13. The SMILES string of the molecule is O=C1CCC(OCc2c(-c3c(Cl)cccc3Cl)noc2C2CC2)CC1.OCc1ccc(Br)c(F)c1.OCc1ccc(C2(O)CCC(OCc3c(-c4c(Cl)cccc4Cl)noc3C3CC3)CC2)c(F)c1. The number of benzene rings is 4. The molecule has 4 aliphatic rings. The summed E-state index contributed by atoms with van der Waals surface area (Å²) in [6, 6.07) is 19.8. The van der Waals surface area contributed by atoms with Crippen LogP contribution in [0.4, 0.5) is 8.78 Å². The number of ether oxygens (including phenoxy) is 2. The number of aliphatic hydroxyl groups excluding tert-OH is 2. The Balaban J connectivity index is 0.000000160. The van der Waals surface area contributed by atoms with Gasteiger partial charge in [-0.25, -0.2) is 8.78 Å². The summed E-state index contributed by atoms with van der Waals surface area (Å²) in [7, 11) is 0. The Labute approximate surface area is 427 Å². The molecule has 0 bridgehead atoms. The number of carbonyl (C=O) groups excluding carboxylic acids is 1. The highest BCUT2D eigenvalue weighted by Crippen LogP contribution is 2.48. The molecule has 69 heavy (non-hydrogen) atoms. The lowest BCUT2D eigenvalue weighted by molar-refractivity contribution is -0.123. The van der Waals surface area contributed by atoms with E-state index in [4.69, 9.17) is 70.0 Å². The predicted molar refractivity (Wildman–Crippen MR) is 263 cm³/mol. The van der Waals surface area contributed by atoms with Gasteiger partial charge in [-0.15, -0.1) is 0 Å². The molecule has 4 saturated carbocycles. The van der Waals surface area contributed by atoms with Gasteiger partial charge in [0.1, 0.15) is 40.3 Å². The summed E-state index contributed by atoms with van der Waals surface area (Å²) in [5, 5.41) is 39.6. The fraction of sp³-hybridized carbons (Fsp3) is 0.404. The molecule has 0 atom stereocenters. The van der Waals surface area contributed by atoms with Crippen LogP contribution in [0.2, 0.25) is 20.1 Å². The van der Waals surface area contributed by atoms with Crippen LogP contribution in [-0.2, 0) is 46.3 Å². The van der Waals surface area contributed by atoms with Gasteiger partial charge in [-0.3, -0.25) is 4.79 Å². The summed E-state index contributed by atoms with van der Waals surface area (Å²) < 4.78 is 51.3. The molecule has 17 heteroatoms. The van der Waals surface area contributed by atoms with E-state index in [0.29, 0.717) is 128 Å². The van der Waals surface area contributed by atoms with Gasteiger partial charge in [0.15, 0.2) is 0 Å². The molecule has 4 aliphatic carbocycles. The fourth-order valence-corrected chi connectivity index (χ4v) is 10.2. The first kappa shape index (κ1) is 51.6. The van der Waals surface area contributed by atoms with E-state index >= 15 is 0 Å². The molecule has 10 nitrogen and oxygen atoms in total. The van der Waals surface area contributed by atoms with Gasteiger partial charge in [0.2, 0.25) is 0 Å². The van der Waals surface area contributed by atoms with Crippen molar-refractivity contribution in [3.63, 3.8) is 0 Å². The number of Topliss-reactive ketones (excluding diaryl/α,β-unsaturated/α-hetero) is 1. The molecule has 2 aromatic heterocycles. The van der Waals surface area contributed by atoms with E-state index < -0.39 is 11.4 Å². The minimum Gasteiger partial charge on any atom is -0.392 e. The Morgan fingerprint density at radius 1 is 0.638 bits per heavy atom. The lowest BCUT2D eigenvalue weighted by Gasteiger charge is -2.36. The number of nitrogens with zero attached hydrogens (tertiary/aromatic N) is 2. The highest BCUT2D eigenvalue weighted by atomic mass is 79.9. The third-order valence-corrected chi connectivity index (χ3v) is 14.9. The van der Waals surface area contributed by atoms with Gasteiger partial charge in [0.05, 0.1) is 68.8 Å². The number of carbonyl (C=O) groups is 1. The van der Waals surface area contributed by atoms with Crippen molar-refractivity contribution in [2.45, 2.75) is 133 Å². The lowest BCUT2D eigenvalue weighted by Crippen LogP contribution is -2.35. The molecule has 0 aliphatic heterocycles. The summed E-state index contributed by atoms with van der Waals surface area (Å²) in [6.07, 6.45) is 9.05. The van der Waals surface area contributed by atoms with Crippen LogP contribution in [-0.4, -0.2) is 43.6 Å². The zero-order valence-electron chi connectivity index (χ0n) is 37.5. The first-order valence-electron chi connectivity index (χ1n) is 23.0. The quantitative estimate of drug-likeness (QED) is 0.102. The molecular formula is C52H51BrCl4F2N2O8. The summed E-state index contributed by atoms with van der Waals surface area (Å²) in [6.45, 7) is 0.350. The third kappa shape index (κ3) is 12.7. The number of aliphatic hydroxyl groups is 3. The van der Waals surface area contributed by atoms with Gasteiger partial charge in [-0.1, -0.05) is 87.0 Å². The van der Waals surface area contributed by atoms with Crippen molar-refractivity contribution in [1.29, 1.82) is 0 Å². The van der Waals surface area contributed by atoms with Crippen molar-refractivity contribution in [2.75, 3.05) is 0 Å². The van der Waals surface area contributed by atoms with Gasteiger partial charge >= 0.3 is 0 Å². The number of halogens is 7. The van der Waals surface area contributed by atoms with Crippen molar-refractivity contribution >= 4 is 68.1 Å². The van der Waals surface area contributed by atoms with Crippen LogP contribution in [0.5, 0.6) is 0 Å². The normalized spacial score (nSPS) is 19.4. The molecule has 3 N–H and O–H groups in total. The molecule has 0 radical (unpaired) electrons. The van der Waals surface area contributed by atoms with Crippen LogP contribution in [0.15, 0.2) is 86.3 Å². The Kier molecular flexibility index (Phi) is 17.4. The maximum atomic E-state index is 14.6. The van der Waals surface area contributed by atoms with E-state index in [1.807, 2.05) is 6.07 Å². The van der Waals surface area contributed by atoms with Gasteiger partial charge in [0, 0.05) is 52.5 Å². The van der Waals surface area contributed by atoms with Crippen LogP contribution in [0.1, 0.15) is 128 Å². The second-order valence-corrected chi connectivity index (χ2v) is 20.4.